The first kappa shape index (κ1) is 31.2. The lowest BCUT2D eigenvalue weighted by Gasteiger charge is -2.25. The molecule has 258 valence electrons. The van der Waals surface area contributed by atoms with Crippen molar-refractivity contribution in [1.29, 1.82) is 0 Å². The minimum atomic E-state index is 1.13. The van der Waals surface area contributed by atoms with Gasteiger partial charge in [0.15, 0.2) is 0 Å². The number of para-hydroxylation sites is 4. The average Bonchev–Trinajstić information content (AvgIpc) is 3.78. The quantitative estimate of drug-likeness (QED) is 0.168. The highest BCUT2D eigenvalue weighted by atomic mass is 15.1. The van der Waals surface area contributed by atoms with Crippen LogP contribution in [0.1, 0.15) is 0 Å². The summed E-state index contributed by atoms with van der Waals surface area (Å²) in [5.41, 5.74) is 12.9. The summed E-state index contributed by atoms with van der Waals surface area (Å²) in [5.74, 6) is 0. The van der Waals surface area contributed by atoms with Crippen molar-refractivity contribution >= 4 is 71.4 Å². The van der Waals surface area contributed by atoms with Crippen molar-refractivity contribution in [3.8, 4) is 22.5 Å². The second kappa shape index (κ2) is 12.6. The third-order valence-corrected chi connectivity index (χ3v) is 11.1. The van der Waals surface area contributed by atoms with Gasteiger partial charge in [-0.1, -0.05) is 133 Å². The zero-order valence-electron chi connectivity index (χ0n) is 30.0. The zero-order valence-corrected chi connectivity index (χ0v) is 30.0. The minimum absolute atomic E-state index is 1.13. The Morgan fingerprint density at radius 3 is 1.56 bits per heavy atom. The summed E-state index contributed by atoms with van der Waals surface area (Å²) < 4.78 is 4.91. The number of rotatable bonds is 6. The molecule has 0 bridgehead atoms. The second-order valence-corrected chi connectivity index (χ2v) is 14.2. The first-order chi connectivity index (χ1) is 27.3. The van der Waals surface area contributed by atoms with E-state index >= 15 is 0 Å². The first-order valence-corrected chi connectivity index (χ1v) is 18.9. The summed E-state index contributed by atoms with van der Waals surface area (Å²) in [4.78, 5) is 2.32. The molecule has 0 amide bonds. The maximum Gasteiger partial charge on any atom is 0.0641 e. The number of benzene rings is 9. The molecule has 2 heterocycles. The van der Waals surface area contributed by atoms with Crippen molar-refractivity contribution < 1.29 is 0 Å². The Morgan fingerprint density at radius 1 is 0.309 bits per heavy atom. The normalized spacial score (nSPS) is 11.6. The summed E-state index contributed by atoms with van der Waals surface area (Å²) in [6, 6.07) is 76.8. The van der Waals surface area contributed by atoms with E-state index in [1.54, 1.807) is 0 Å². The van der Waals surface area contributed by atoms with E-state index in [0.717, 1.165) is 28.4 Å². The molecule has 9 aromatic carbocycles. The summed E-state index contributed by atoms with van der Waals surface area (Å²) in [6.45, 7) is 0. The van der Waals surface area contributed by atoms with Gasteiger partial charge in [0.25, 0.3) is 0 Å². The van der Waals surface area contributed by atoms with Crippen molar-refractivity contribution in [1.82, 2.24) is 9.13 Å². The number of aromatic nitrogens is 2. The van der Waals surface area contributed by atoms with Gasteiger partial charge >= 0.3 is 0 Å². The van der Waals surface area contributed by atoms with E-state index in [-0.39, 0.29) is 0 Å². The maximum atomic E-state index is 2.48. The van der Waals surface area contributed by atoms with Crippen molar-refractivity contribution in [2.24, 2.45) is 0 Å². The highest BCUT2D eigenvalue weighted by Gasteiger charge is 2.21. The van der Waals surface area contributed by atoms with Crippen LogP contribution in [0.2, 0.25) is 0 Å². The van der Waals surface area contributed by atoms with Gasteiger partial charge in [-0.3, -0.25) is 0 Å². The Morgan fingerprint density at radius 2 is 0.855 bits per heavy atom. The SMILES string of the molecule is c1ccc(-c2ccc(-n3c4ccccc4c4c3ccc3c5ccccc5n(-c5ccc6cc(N(c7ccccc7)c7ccccc7)ccc6c5)c34)cc2)cc1. The van der Waals surface area contributed by atoms with Crippen LogP contribution >= 0.6 is 0 Å². The molecule has 0 N–H and O–H groups in total. The van der Waals surface area contributed by atoms with E-state index < -0.39 is 0 Å². The molecule has 0 unspecified atom stereocenters. The molecule has 3 heteroatoms. The molecule has 2 aromatic heterocycles. The molecule has 0 aliphatic rings. The summed E-state index contributed by atoms with van der Waals surface area (Å²) in [5, 5.41) is 7.39. The van der Waals surface area contributed by atoms with E-state index in [1.807, 2.05) is 0 Å². The van der Waals surface area contributed by atoms with E-state index in [4.69, 9.17) is 0 Å². The Bertz CT molecular complexity index is 3140. The molecule has 0 aliphatic carbocycles. The van der Waals surface area contributed by atoms with Crippen LogP contribution < -0.4 is 4.90 Å². The van der Waals surface area contributed by atoms with Crippen LogP contribution in [0.4, 0.5) is 17.1 Å². The van der Waals surface area contributed by atoms with Crippen LogP contribution in [0.3, 0.4) is 0 Å². The Kier molecular flexibility index (Phi) is 7.17. The third-order valence-electron chi connectivity index (χ3n) is 11.1. The molecule has 55 heavy (non-hydrogen) atoms. The monoisotopic (exact) mass is 701 g/mol. The summed E-state index contributed by atoms with van der Waals surface area (Å²) in [6.07, 6.45) is 0. The summed E-state index contributed by atoms with van der Waals surface area (Å²) in [7, 11) is 0. The van der Waals surface area contributed by atoms with Gasteiger partial charge < -0.3 is 14.0 Å². The lowest BCUT2D eigenvalue weighted by molar-refractivity contribution is 1.18. The molecule has 0 saturated carbocycles. The van der Waals surface area contributed by atoms with Crippen molar-refractivity contribution in [3.05, 3.63) is 212 Å². The van der Waals surface area contributed by atoms with Crippen LogP contribution in [-0.2, 0) is 0 Å². The van der Waals surface area contributed by atoms with Gasteiger partial charge in [0, 0.05) is 50.0 Å². The van der Waals surface area contributed by atoms with Crippen LogP contribution in [-0.4, -0.2) is 9.13 Å². The average molecular weight is 702 g/mol. The molecule has 11 aromatic rings. The molecule has 3 nitrogen and oxygen atoms in total. The van der Waals surface area contributed by atoms with Gasteiger partial charge in [-0.25, -0.2) is 0 Å². The van der Waals surface area contributed by atoms with Gasteiger partial charge in [-0.15, -0.1) is 0 Å². The first-order valence-electron chi connectivity index (χ1n) is 18.9. The van der Waals surface area contributed by atoms with Crippen molar-refractivity contribution in [2.45, 2.75) is 0 Å². The van der Waals surface area contributed by atoms with Gasteiger partial charge in [0.1, 0.15) is 0 Å². The third kappa shape index (κ3) is 5.05. The standard InChI is InChI=1S/C52H35N3/c1-4-14-36(15-5-1)37-24-28-42(29-25-37)54-49-23-13-11-21-47(49)51-50(54)33-32-46-45-20-10-12-22-48(45)55(52(46)51)44-31-27-38-34-43(30-26-39(38)35-44)53(40-16-6-2-7-17-40)41-18-8-3-9-19-41/h1-35H. The van der Waals surface area contributed by atoms with E-state index in [2.05, 4.69) is 226 Å². The van der Waals surface area contributed by atoms with Gasteiger partial charge in [-0.05, 0) is 101 Å². The fourth-order valence-electron chi connectivity index (χ4n) is 8.59. The van der Waals surface area contributed by atoms with E-state index in [9.17, 15) is 0 Å². The molecule has 0 saturated heterocycles. The molecular weight excluding hydrogens is 667 g/mol. The Hall–Kier alpha value is -7.36. The Labute approximate surface area is 319 Å². The fourth-order valence-corrected chi connectivity index (χ4v) is 8.59. The largest absolute Gasteiger partial charge is 0.310 e. The molecule has 0 atom stereocenters. The topological polar surface area (TPSA) is 13.1 Å². The van der Waals surface area contributed by atoms with Crippen molar-refractivity contribution in [2.75, 3.05) is 4.90 Å². The fraction of sp³-hybridized carbons (Fsp3) is 0. The summed E-state index contributed by atoms with van der Waals surface area (Å²) >= 11 is 0. The highest BCUT2D eigenvalue weighted by molar-refractivity contribution is 6.26. The van der Waals surface area contributed by atoms with E-state index in [0.29, 0.717) is 0 Å². The number of hydrogen-bond acceptors (Lipinski definition) is 1. The number of fused-ring (bicyclic) bond motifs is 8. The number of anilines is 3. The van der Waals surface area contributed by atoms with Crippen LogP contribution in [0, 0.1) is 0 Å². The molecule has 0 fully saturated rings. The number of hydrogen-bond donors (Lipinski definition) is 0. The maximum absolute atomic E-state index is 2.48. The second-order valence-electron chi connectivity index (χ2n) is 14.2. The smallest absolute Gasteiger partial charge is 0.0641 e. The van der Waals surface area contributed by atoms with E-state index in [1.165, 1.54) is 65.5 Å². The van der Waals surface area contributed by atoms with Crippen LogP contribution in [0.5, 0.6) is 0 Å². The minimum Gasteiger partial charge on any atom is -0.310 e. The Balaban J connectivity index is 1.11. The predicted molar refractivity (Wildman–Crippen MR) is 233 cm³/mol. The van der Waals surface area contributed by atoms with Gasteiger partial charge in [0.05, 0.1) is 22.1 Å². The molecule has 0 radical (unpaired) electrons. The number of nitrogens with zero attached hydrogens (tertiary/aromatic N) is 3. The predicted octanol–water partition coefficient (Wildman–Crippen LogP) is 14.2. The van der Waals surface area contributed by atoms with Gasteiger partial charge in [0.2, 0.25) is 0 Å². The molecular formula is C52H35N3. The lowest BCUT2D eigenvalue weighted by Crippen LogP contribution is -2.09. The van der Waals surface area contributed by atoms with Gasteiger partial charge in [-0.2, -0.15) is 0 Å². The molecule has 0 spiro atoms. The highest BCUT2D eigenvalue weighted by Crippen LogP contribution is 2.43. The zero-order chi connectivity index (χ0) is 36.3. The van der Waals surface area contributed by atoms with Crippen LogP contribution in [0.15, 0.2) is 212 Å². The lowest BCUT2D eigenvalue weighted by atomic mass is 10.1. The molecule has 0 aliphatic heterocycles. The van der Waals surface area contributed by atoms with Crippen molar-refractivity contribution in [3.63, 3.8) is 0 Å². The van der Waals surface area contributed by atoms with Crippen LogP contribution in [0.25, 0.3) is 76.9 Å². The molecule has 11 rings (SSSR count).